The number of carboxylic acid groups (broad SMARTS) is 1. The maximum atomic E-state index is 13.1. The summed E-state index contributed by atoms with van der Waals surface area (Å²) in [5.41, 5.74) is 1.64. The van der Waals surface area contributed by atoms with E-state index in [1.165, 1.54) is 23.9 Å². The molecule has 3 aromatic rings. The van der Waals surface area contributed by atoms with Crippen molar-refractivity contribution in [3.8, 4) is 0 Å². The van der Waals surface area contributed by atoms with Crippen LogP contribution in [0.2, 0.25) is 0 Å². The number of pyridine rings is 1. The van der Waals surface area contributed by atoms with Gasteiger partial charge in [0.2, 0.25) is 0 Å². The minimum atomic E-state index is -0.990. The molecule has 1 saturated heterocycles. The van der Waals surface area contributed by atoms with Gasteiger partial charge in [0.25, 0.3) is 5.91 Å². The van der Waals surface area contributed by atoms with E-state index in [2.05, 4.69) is 9.98 Å². The number of carboxylic acids is 1. The van der Waals surface area contributed by atoms with E-state index in [4.69, 9.17) is 5.11 Å². The Morgan fingerprint density at radius 2 is 1.72 bits per heavy atom. The van der Waals surface area contributed by atoms with Crippen molar-refractivity contribution in [2.24, 2.45) is 4.99 Å². The van der Waals surface area contributed by atoms with Crippen LogP contribution >= 0.6 is 11.8 Å². The number of amides is 1. The second-order valence-corrected chi connectivity index (χ2v) is 7.11. The van der Waals surface area contributed by atoms with E-state index in [9.17, 15) is 9.59 Å². The number of benzene rings is 2. The number of hydrogen-bond donors (Lipinski definition) is 1. The standard InChI is InChI=1S/C22H15N3O3S/c26-20-18(14-15-9-11-16(12-10-15)21(27)28)29-22(24-19-8-4-5-13-23-19)25(20)17-6-2-1-3-7-17/h1-14H,(H,27,28)/b18-14-,24-22+. The number of rotatable bonds is 4. The summed E-state index contributed by atoms with van der Waals surface area (Å²) >= 11 is 1.25. The molecule has 1 aliphatic rings. The van der Waals surface area contributed by atoms with Crippen LogP contribution < -0.4 is 4.90 Å². The number of amidine groups is 1. The van der Waals surface area contributed by atoms with E-state index >= 15 is 0 Å². The number of aromatic carboxylic acids is 1. The maximum Gasteiger partial charge on any atom is 0.335 e. The molecule has 1 aliphatic heterocycles. The number of thioether (sulfide) groups is 1. The first-order valence-electron chi connectivity index (χ1n) is 8.74. The van der Waals surface area contributed by atoms with E-state index in [1.54, 1.807) is 41.4 Å². The van der Waals surface area contributed by atoms with Crippen LogP contribution in [0, 0.1) is 0 Å². The number of hydrogen-bond acceptors (Lipinski definition) is 5. The summed E-state index contributed by atoms with van der Waals surface area (Å²) in [5, 5.41) is 9.54. The normalized spacial score (nSPS) is 16.6. The van der Waals surface area contributed by atoms with Gasteiger partial charge in [0.15, 0.2) is 11.0 Å². The van der Waals surface area contributed by atoms with Gasteiger partial charge in [-0.15, -0.1) is 0 Å². The van der Waals surface area contributed by atoms with Crippen molar-refractivity contribution in [3.05, 3.63) is 95.0 Å². The number of nitrogens with zero attached hydrogens (tertiary/aromatic N) is 3. The zero-order valence-electron chi connectivity index (χ0n) is 15.1. The predicted octanol–water partition coefficient (Wildman–Crippen LogP) is 4.59. The van der Waals surface area contributed by atoms with Crippen LogP contribution in [0.4, 0.5) is 11.5 Å². The highest BCUT2D eigenvalue weighted by Crippen LogP contribution is 2.36. The number of aromatic nitrogens is 1. The maximum absolute atomic E-state index is 13.1. The molecule has 0 atom stereocenters. The minimum Gasteiger partial charge on any atom is -0.478 e. The molecule has 1 aromatic heterocycles. The van der Waals surface area contributed by atoms with Gasteiger partial charge in [-0.25, -0.2) is 14.8 Å². The molecular formula is C22H15N3O3S. The topological polar surface area (TPSA) is 82.9 Å². The highest BCUT2D eigenvalue weighted by molar-refractivity contribution is 8.19. The van der Waals surface area contributed by atoms with Crippen molar-refractivity contribution >= 4 is 46.4 Å². The molecule has 0 bridgehead atoms. The zero-order valence-corrected chi connectivity index (χ0v) is 15.9. The summed E-state index contributed by atoms with van der Waals surface area (Å²) in [5.74, 6) is -0.676. The van der Waals surface area contributed by atoms with Gasteiger partial charge >= 0.3 is 5.97 Å². The Morgan fingerprint density at radius 1 is 1.00 bits per heavy atom. The lowest BCUT2D eigenvalue weighted by Crippen LogP contribution is -2.28. The van der Waals surface area contributed by atoms with Gasteiger partial charge in [0.05, 0.1) is 16.2 Å². The van der Waals surface area contributed by atoms with E-state index in [0.29, 0.717) is 21.6 Å². The lowest BCUT2D eigenvalue weighted by atomic mass is 10.1. The number of aliphatic imine (C=N–C) groups is 1. The van der Waals surface area contributed by atoms with Gasteiger partial charge in [-0.1, -0.05) is 36.4 Å². The highest BCUT2D eigenvalue weighted by atomic mass is 32.2. The molecule has 2 aromatic carbocycles. The first-order valence-corrected chi connectivity index (χ1v) is 9.55. The third-order valence-corrected chi connectivity index (χ3v) is 5.10. The van der Waals surface area contributed by atoms with Crippen molar-refractivity contribution < 1.29 is 14.7 Å². The van der Waals surface area contributed by atoms with Crippen molar-refractivity contribution in [1.29, 1.82) is 0 Å². The fourth-order valence-electron chi connectivity index (χ4n) is 2.74. The molecule has 142 valence electrons. The predicted molar refractivity (Wildman–Crippen MR) is 114 cm³/mol. The first-order chi connectivity index (χ1) is 14.1. The number of carbonyl (C=O) groups excluding carboxylic acids is 1. The molecule has 0 spiro atoms. The third-order valence-electron chi connectivity index (χ3n) is 4.14. The lowest BCUT2D eigenvalue weighted by molar-refractivity contribution is -0.113. The molecular weight excluding hydrogens is 386 g/mol. The Balaban J connectivity index is 1.72. The van der Waals surface area contributed by atoms with Gasteiger partial charge in [-0.05, 0) is 59.8 Å². The Hall–Kier alpha value is -3.71. The molecule has 1 amide bonds. The molecule has 4 rings (SSSR count). The van der Waals surface area contributed by atoms with Crippen molar-refractivity contribution in [2.45, 2.75) is 0 Å². The van der Waals surface area contributed by atoms with Gasteiger partial charge in [0.1, 0.15) is 0 Å². The van der Waals surface area contributed by atoms with Gasteiger partial charge in [-0.2, -0.15) is 0 Å². The average Bonchev–Trinajstić information content (AvgIpc) is 3.04. The van der Waals surface area contributed by atoms with E-state index in [0.717, 1.165) is 5.56 Å². The Labute approximate surface area is 171 Å². The van der Waals surface area contributed by atoms with Gasteiger partial charge in [-0.3, -0.25) is 9.69 Å². The van der Waals surface area contributed by atoms with Crippen LogP contribution in [0.3, 0.4) is 0 Å². The Bertz CT molecular complexity index is 1110. The smallest absolute Gasteiger partial charge is 0.335 e. The summed E-state index contributed by atoms with van der Waals surface area (Å²) in [4.78, 5) is 35.0. The second kappa shape index (κ2) is 8.12. The molecule has 0 radical (unpaired) electrons. The molecule has 7 heteroatoms. The summed E-state index contributed by atoms with van der Waals surface area (Å²) in [6.07, 6.45) is 3.38. The van der Waals surface area contributed by atoms with Crippen LogP contribution in [0.15, 0.2) is 88.9 Å². The minimum absolute atomic E-state index is 0.195. The van der Waals surface area contributed by atoms with E-state index < -0.39 is 5.97 Å². The summed E-state index contributed by atoms with van der Waals surface area (Å²) in [7, 11) is 0. The van der Waals surface area contributed by atoms with Crippen LogP contribution in [0.25, 0.3) is 6.08 Å². The summed E-state index contributed by atoms with van der Waals surface area (Å²) < 4.78 is 0. The SMILES string of the molecule is O=C(O)c1ccc(/C=C2\S/C(=N/c3ccccn3)N(c3ccccc3)C2=O)cc1. The van der Waals surface area contributed by atoms with E-state index in [1.807, 2.05) is 36.4 Å². The summed E-state index contributed by atoms with van der Waals surface area (Å²) in [6, 6.07) is 21.1. The van der Waals surface area contributed by atoms with Crippen molar-refractivity contribution in [3.63, 3.8) is 0 Å². The zero-order chi connectivity index (χ0) is 20.2. The molecule has 1 N–H and O–H groups in total. The lowest BCUT2D eigenvalue weighted by Gasteiger charge is -2.15. The molecule has 0 saturated carbocycles. The molecule has 1 fully saturated rings. The number of anilines is 1. The summed E-state index contributed by atoms with van der Waals surface area (Å²) in [6.45, 7) is 0. The quantitative estimate of drug-likeness (QED) is 0.647. The van der Waals surface area contributed by atoms with Gasteiger partial charge in [0, 0.05) is 6.20 Å². The Morgan fingerprint density at radius 3 is 2.38 bits per heavy atom. The third kappa shape index (κ3) is 4.09. The Kier molecular flexibility index (Phi) is 5.22. The fourth-order valence-corrected chi connectivity index (χ4v) is 3.73. The van der Waals surface area contributed by atoms with Crippen molar-refractivity contribution in [1.82, 2.24) is 4.98 Å². The molecule has 0 aliphatic carbocycles. The largest absolute Gasteiger partial charge is 0.478 e. The monoisotopic (exact) mass is 401 g/mol. The molecule has 6 nitrogen and oxygen atoms in total. The first kappa shape index (κ1) is 18.6. The van der Waals surface area contributed by atoms with Crippen LogP contribution in [0.1, 0.15) is 15.9 Å². The fraction of sp³-hybridized carbons (Fsp3) is 0. The van der Waals surface area contributed by atoms with E-state index in [-0.39, 0.29) is 11.5 Å². The van der Waals surface area contributed by atoms with Gasteiger partial charge < -0.3 is 5.11 Å². The number of para-hydroxylation sites is 1. The molecule has 0 unspecified atom stereocenters. The highest BCUT2D eigenvalue weighted by Gasteiger charge is 2.34. The van der Waals surface area contributed by atoms with Crippen LogP contribution in [-0.4, -0.2) is 27.1 Å². The second-order valence-electron chi connectivity index (χ2n) is 6.10. The van der Waals surface area contributed by atoms with Crippen molar-refractivity contribution in [2.75, 3.05) is 4.90 Å². The van der Waals surface area contributed by atoms with Crippen LogP contribution in [0.5, 0.6) is 0 Å². The number of carbonyl (C=O) groups is 2. The van der Waals surface area contributed by atoms with Crippen LogP contribution in [-0.2, 0) is 4.79 Å². The molecule has 2 heterocycles. The molecule has 29 heavy (non-hydrogen) atoms. The average molecular weight is 401 g/mol.